The second-order valence-corrected chi connectivity index (χ2v) is 8.25. The molecule has 4 rings (SSSR count). The Morgan fingerprint density at radius 3 is 2.24 bits per heavy atom. The first kappa shape index (κ1) is 16.4. The number of aliphatic hydroxyl groups excluding tert-OH is 1. The quantitative estimate of drug-likeness (QED) is 0.661. The molecule has 0 bridgehead atoms. The van der Waals surface area contributed by atoms with Gasteiger partial charge in [-0.25, -0.2) is 0 Å². The van der Waals surface area contributed by atoms with Gasteiger partial charge in [-0.2, -0.15) is 0 Å². The molecule has 1 nitrogen and oxygen atoms in total. The Morgan fingerprint density at radius 2 is 1.60 bits per heavy atom. The van der Waals surface area contributed by atoms with Crippen LogP contribution in [0, 0.1) is 17.3 Å². The van der Waals surface area contributed by atoms with E-state index in [2.05, 4.69) is 75.4 Å². The fourth-order valence-electron chi connectivity index (χ4n) is 4.88. The Bertz CT molecular complexity index is 785. The monoisotopic (exact) mass is 332 g/mol. The largest absolute Gasteiger partial charge is 0.512 e. The normalized spacial score (nSPS) is 28.6. The molecule has 1 N–H and O–H groups in total. The topological polar surface area (TPSA) is 20.2 Å². The molecule has 0 amide bonds. The van der Waals surface area contributed by atoms with Gasteiger partial charge >= 0.3 is 0 Å². The molecule has 2 aliphatic carbocycles. The summed E-state index contributed by atoms with van der Waals surface area (Å²) in [6.45, 7) is 6.74. The zero-order chi connectivity index (χ0) is 17.6. The minimum atomic E-state index is 0.00607. The molecule has 0 radical (unpaired) electrons. The van der Waals surface area contributed by atoms with Gasteiger partial charge in [-0.15, -0.1) is 0 Å². The molecule has 1 spiro atoms. The van der Waals surface area contributed by atoms with Gasteiger partial charge in [-0.3, -0.25) is 0 Å². The molecule has 130 valence electrons. The average molecular weight is 332 g/mol. The van der Waals surface area contributed by atoms with Gasteiger partial charge in [0.1, 0.15) is 0 Å². The third kappa shape index (κ3) is 2.61. The predicted molar refractivity (Wildman–Crippen MR) is 105 cm³/mol. The van der Waals surface area contributed by atoms with Gasteiger partial charge in [0.05, 0.1) is 5.76 Å². The van der Waals surface area contributed by atoms with Gasteiger partial charge in [-0.1, -0.05) is 75.4 Å². The number of hydrogen-bond acceptors (Lipinski definition) is 1. The minimum Gasteiger partial charge on any atom is -0.512 e. The van der Waals surface area contributed by atoms with E-state index in [0.29, 0.717) is 17.8 Å². The first-order chi connectivity index (χ1) is 12.0. The Hall–Kier alpha value is -2.02. The highest BCUT2D eigenvalue weighted by atomic mass is 16.3. The minimum absolute atomic E-state index is 0.00607. The van der Waals surface area contributed by atoms with Crippen molar-refractivity contribution in [3.05, 3.63) is 71.5 Å². The van der Waals surface area contributed by atoms with Crippen molar-refractivity contribution in [3.63, 3.8) is 0 Å². The van der Waals surface area contributed by atoms with Crippen LogP contribution in [0.3, 0.4) is 0 Å². The second kappa shape index (κ2) is 6.05. The lowest BCUT2D eigenvalue weighted by Gasteiger charge is -2.33. The molecule has 2 aliphatic rings. The van der Waals surface area contributed by atoms with Crippen molar-refractivity contribution in [3.8, 4) is 11.1 Å². The molecular weight excluding hydrogens is 304 g/mol. The van der Waals surface area contributed by atoms with E-state index >= 15 is 0 Å². The number of allylic oxidation sites excluding steroid dienone is 2. The molecule has 0 saturated heterocycles. The fraction of sp³-hybridized carbons (Fsp3) is 0.417. The highest BCUT2D eigenvalue weighted by Gasteiger charge is 2.62. The molecule has 0 aliphatic heterocycles. The van der Waals surface area contributed by atoms with E-state index in [1.807, 2.05) is 0 Å². The molecular formula is C24H28O. The number of benzene rings is 2. The predicted octanol–water partition coefficient (Wildman–Crippen LogP) is 6.73. The average Bonchev–Trinajstić information content (AvgIpc) is 3.38. The van der Waals surface area contributed by atoms with E-state index in [9.17, 15) is 5.11 Å². The maximum atomic E-state index is 11.0. The summed E-state index contributed by atoms with van der Waals surface area (Å²) in [5.74, 6) is 2.21. The summed E-state index contributed by atoms with van der Waals surface area (Å²) in [4.78, 5) is 0. The summed E-state index contributed by atoms with van der Waals surface area (Å²) in [6.07, 6.45) is 3.36. The van der Waals surface area contributed by atoms with E-state index < -0.39 is 0 Å². The number of aliphatic hydroxyl groups is 1. The summed E-state index contributed by atoms with van der Waals surface area (Å²) >= 11 is 0. The molecule has 0 unspecified atom stereocenters. The summed E-state index contributed by atoms with van der Waals surface area (Å²) in [5, 5.41) is 11.0. The fourth-order valence-corrected chi connectivity index (χ4v) is 4.88. The highest BCUT2D eigenvalue weighted by molar-refractivity contribution is 5.63. The standard InChI is InChI=1S/C24H28O/c1-16(2)21-14-9-17(3)24(23(21)25)15-22(24)20-12-10-19(11-13-20)18-7-5-4-6-8-18/h4-8,10-13,16-17,22,25H,9,14-15H2,1-3H3/t17-,22+,24-/m1/s1. The van der Waals surface area contributed by atoms with Crippen LogP contribution in [0.1, 0.15) is 51.5 Å². The molecule has 0 aromatic heterocycles. The summed E-state index contributed by atoms with van der Waals surface area (Å²) in [6, 6.07) is 19.5. The van der Waals surface area contributed by atoms with Gasteiger partial charge in [0.15, 0.2) is 0 Å². The Balaban J connectivity index is 1.63. The zero-order valence-electron chi connectivity index (χ0n) is 15.5. The Kier molecular flexibility index (Phi) is 3.98. The Labute approximate surface area is 151 Å². The third-order valence-corrected chi connectivity index (χ3v) is 6.59. The smallest absolute Gasteiger partial charge is 0.0987 e. The van der Waals surface area contributed by atoms with Crippen LogP contribution in [0.25, 0.3) is 11.1 Å². The lowest BCUT2D eigenvalue weighted by Crippen LogP contribution is -2.25. The van der Waals surface area contributed by atoms with Crippen molar-refractivity contribution in [2.45, 2.75) is 46.0 Å². The van der Waals surface area contributed by atoms with E-state index in [0.717, 1.165) is 18.6 Å². The molecule has 1 fully saturated rings. The van der Waals surface area contributed by atoms with Gasteiger partial charge in [0.2, 0.25) is 0 Å². The SMILES string of the molecule is CC(C)C1=C(O)[C@]2(C[C@H]2c2ccc(-c3ccccc3)cc2)[C@H](C)CC1. The number of rotatable bonds is 3. The van der Waals surface area contributed by atoms with E-state index in [1.165, 1.54) is 28.7 Å². The van der Waals surface area contributed by atoms with Crippen molar-refractivity contribution < 1.29 is 5.11 Å². The van der Waals surface area contributed by atoms with Gasteiger partial charge in [-0.05, 0) is 59.3 Å². The van der Waals surface area contributed by atoms with Crippen molar-refractivity contribution in [1.29, 1.82) is 0 Å². The molecule has 1 saturated carbocycles. The van der Waals surface area contributed by atoms with Crippen LogP contribution >= 0.6 is 0 Å². The van der Waals surface area contributed by atoms with Crippen LogP contribution in [0.15, 0.2) is 65.9 Å². The van der Waals surface area contributed by atoms with Crippen molar-refractivity contribution >= 4 is 0 Å². The van der Waals surface area contributed by atoms with E-state index in [1.54, 1.807) is 0 Å². The maximum Gasteiger partial charge on any atom is 0.0987 e. The zero-order valence-corrected chi connectivity index (χ0v) is 15.5. The van der Waals surface area contributed by atoms with E-state index in [4.69, 9.17) is 0 Å². The van der Waals surface area contributed by atoms with Gasteiger partial charge in [0.25, 0.3) is 0 Å². The first-order valence-electron chi connectivity index (χ1n) is 9.62. The second-order valence-electron chi connectivity index (χ2n) is 8.25. The van der Waals surface area contributed by atoms with Crippen LogP contribution in [0.2, 0.25) is 0 Å². The molecule has 25 heavy (non-hydrogen) atoms. The summed E-state index contributed by atoms with van der Waals surface area (Å²) < 4.78 is 0. The van der Waals surface area contributed by atoms with Crippen molar-refractivity contribution in [1.82, 2.24) is 0 Å². The van der Waals surface area contributed by atoms with Gasteiger partial charge < -0.3 is 5.11 Å². The highest BCUT2D eigenvalue weighted by Crippen LogP contribution is 2.70. The Morgan fingerprint density at radius 1 is 0.960 bits per heavy atom. The lowest BCUT2D eigenvalue weighted by molar-refractivity contribution is 0.204. The molecule has 0 heterocycles. The molecule has 2 aromatic carbocycles. The molecule has 1 heteroatoms. The van der Waals surface area contributed by atoms with Crippen LogP contribution in [0.4, 0.5) is 0 Å². The van der Waals surface area contributed by atoms with Crippen LogP contribution in [0.5, 0.6) is 0 Å². The maximum absolute atomic E-state index is 11.0. The number of hydrogen-bond donors (Lipinski definition) is 1. The third-order valence-electron chi connectivity index (χ3n) is 6.59. The molecule has 3 atom stereocenters. The van der Waals surface area contributed by atoms with Crippen molar-refractivity contribution in [2.75, 3.05) is 0 Å². The first-order valence-corrected chi connectivity index (χ1v) is 9.62. The van der Waals surface area contributed by atoms with Crippen LogP contribution < -0.4 is 0 Å². The van der Waals surface area contributed by atoms with Crippen LogP contribution in [-0.4, -0.2) is 5.11 Å². The molecule has 2 aromatic rings. The summed E-state index contributed by atoms with van der Waals surface area (Å²) in [5.41, 5.74) is 5.20. The summed E-state index contributed by atoms with van der Waals surface area (Å²) in [7, 11) is 0. The lowest BCUT2D eigenvalue weighted by atomic mass is 9.73. The van der Waals surface area contributed by atoms with Gasteiger partial charge in [0, 0.05) is 5.41 Å². The van der Waals surface area contributed by atoms with Crippen molar-refractivity contribution in [2.24, 2.45) is 17.3 Å². The van der Waals surface area contributed by atoms with E-state index in [-0.39, 0.29) is 5.41 Å². The van der Waals surface area contributed by atoms with Crippen LogP contribution in [-0.2, 0) is 0 Å².